The fraction of sp³-hybridized carbons (Fsp3) is 0.118. The number of ether oxygens (including phenoxy) is 1. The van der Waals surface area contributed by atoms with Crippen LogP contribution in [0.25, 0.3) is 10.9 Å². The predicted molar refractivity (Wildman–Crippen MR) is 89.2 cm³/mol. The predicted octanol–water partition coefficient (Wildman–Crippen LogP) is 3.67. The van der Waals surface area contributed by atoms with E-state index >= 15 is 0 Å². The number of nitro groups is 1. The topological polar surface area (TPSA) is 115 Å². The molecule has 25 heavy (non-hydrogen) atoms. The third kappa shape index (κ3) is 3.23. The molecule has 1 heterocycles. The maximum atomic E-state index is 11.1. The SMILES string of the molecule is Cc1ccc(Cn2c(OC(=O)O)cc3cc(O)ccc32)cc1[N+](=O)[O-]. The minimum absolute atomic E-state index is 0.00712. The van der Waals surface area contributed by atoms with Crippen LogP contribution in [0.1, 0.15) is 11.1 Å². The Morgan fingerprint density at radius 2 is 2.00 bits per heavy atom. The van der Waals surface area contributed by atoms with Gasteiger partial charge in [-0.15, -0.1) is 0 Å². The van der Waals surface area contributed by atoms with E-state index in [4.69, 9.17) is 9.84 Å². The van der Waals surface area contributed by atoms with Crippen molar-refractivity contribution >= 4 is 22.7 Å². The van der Waals surface area contributed by atoms with E-state index in [-0.39, 0.29) is 23.9 Å². The lowest BCUT2D eigenvalue weighted by Gasteiger charge is -2.10. The van der Waals surface area contributed by atoms with Crippen molar-refractivity contribution in [2.75, 3.05) is 0 Å². The van der Waals surface area contributed by atoms with Gasteiger partial charge in [0.15, 0.2) is 0 Å². The van der Waals surface area contributed by atoms with Gasteiger partial charge < -0.3 is 19.5 Å². The summed E-state index contributed by atoms with van der Waals surface area (Å²) in [7, 11) is 0. The maximum absolute atomic E-state index is 11.1. The molecule has 0 fully saturated rings. The number of hydrogen-bond donors (Lipinski definition) is 2. The molecule has 3 rings (SSSR count). The third-order valence-electron chi connectivity index (χ3n) is 3.85. The maximum Gasteiger partial charge on any atom is 0.512 e. The zero-order valence-corrected chi connectivity index (χ0v) is 13.2. The molecule has 0 aliphatic carbocycles. The van der Waals surface area contributed by atoms with Crippen LogP contribution >= 0.6 is 0 Å². The van der Waals surface area contributed by atoms with Crippen molar-refractivity contribution in [3.8, 4) is 11.6 Å². The smallest absolute Gasteiger partial charge is 0.508 e. The van der Waals surface area contributed by atoms with Gasteiger partial charge in [0.2, 0.25) is 5.88 Å². The van der Waals surface area contributed by atoms with E-state index in [1.807, 2.05) is 0 Å². The number of hydrogen-bond acceptors (Lipinski definition) is 5. The van der Waals surface area contributed by atoms with E-state index in [9.17, 15) is 20.0 Å². The molecule has 0 bridgehead atoms. The third-order valence-corrected chi connectivity index (χ3v) is 3.85. The highest BCUT2D eigenvalue weighted by Gasteiger charge is 2.16. The second kappa shape index (κ2) is 6.16. The molecule has 0 atom stereocenters. The first kappa shape index (κ1) is 16.3. The number of phenols is 1. The molecule has 1 aromatic heterocycles. The van der Waals surface area contributed by atoms with Gasteiger partial charge >= 0.3 is 6.16 Å². The number of fused-ring (bicyclic) bond motifs is 1. The number of aromatic nitrogens is 1. The van der Waals surface area contributed by atoms with Gasteiger partial charge in [-0.2, -0.15) is 0 Å². The number of rotatable bonds is 4. The van der Waals surface area contributed by atoms with Crippen LogP contribution in [0.5, 0.6) is 11.6 Å². The number of aromatic hydroxyl groups is 1. The van der Waals surface area contributed by atoms with Crippen LogP contribution in [0.15, 0.2) is 42.5 Å². The Morgan fingerprint density at radius 1 is 1.24 bits per heavy atom. The van der Waals surface area contributed by atoms with E-state index < -0.39 is 11.1 Å². The van der Waals surface area contributed by atoms with Gasteiger partial charge in [0.05, 0.1) is 17.0 Å². The molecule has 0 unspecified atom stereocenters. The highest BCUT2D eigenvalue weighted by Crippen LogP contribution is 2.30. The van der Waals surface area contributed by atoms with Crippen LogP contribution in [-0.2, 0) is 6.54 Å². The Kier molecular flexibility index (Phi) is 4.02. The van der Waals surface area contributed by atoms with Crippen LogP contribution in [0.4, 0.5) is 10.5 Å². The molecule has 0 spiro atoms. The van der Waals surface area contributed by atoms with Crippen molar-refractivity contribution in [2.45, 2.75) is 13.5 Å². The van der Waals surface area contributed by atoms with Crippen molar-refractivity contribution in [3.05, 3.63) is 63.7 Å². The lowest BCUT2D eigenvalue weighted by Crippen LogP contribution is -2.09. The van der Waals surface area contributed by atoms with Crippen molar-refractivity contribution in [1.29, 1.82) is 0 Å². The van der Waals surface area contributed by atoms with Crippen molar-refractivity contribution < 1.29 is 24.7 Å². The zero-order chi connectivity index (χ0) is 18.1. The molecule has 0 aliphatic rings. The fourth-order valence-electron chi connectivity index (χ4n) is 2.70. The molecule has 0 aliphatic heterocycles. The summed E-state index contributed by atoms with van der Waals surface area (Å²) < 4.78 is 6.39. The molecule has 8 nitrogen and oxygen atoms in total. The first-order chi connectivity index (χ1) is 11.8. The van der Waals surface area contributed by atoms with E-state index in [1.165, 1.54) is 24.3 Å². The van der Waals surface area contributed by atoms with Crippen LogP contribution in [0.3, 0.4) is 0 Å². The molecule has 2 aromatic carbocycles. The van der Waals surface area contributed by atoms with E-state index in [0.29, 0.717) is 22.0 Å². The molecule has 0 amide bonds. The summed E-state index contributed by atoms with van der Waals surface area (Å²) in [5, 5.41) is 30.2. The molecular weight excluding hydrogens is 328 g/mol. The van der Waals surface area contributed by atoms with Gasteiger partial charge in [0.25, 0.3) is 5.69 Å². The standard InChI is InChI=1S/C17H14N2O6/c1-10-2-3-11(6-15(10)19(23)24)9-18-14-5-4-13(20)7-12(14)8-16(18)25-17(21)22/h2-8,20H,9H2,1H3,(H,21,22). The summed E-state index contributed by atoms with van der Waals surface area (Å²) in [6.45, 7) is 1.83. The minimum atomic E-state index is -1.47. The number of phenolic OH excluding ortho intramolecular Hbond substituents is 1. The summed E-state index contributed by atoms with van der Waals surface area (Å²) in [5.41, 5.74) is 1.79. The van der Waals surface area contributed by atoms with Gasteiger partial charge in [-0.3, -0.25) is 10.1 Å². The van der Waals surface area contributed by atoms with Crippen molar-refractivity contribution in [2.24, 2.45) is 0 Å². The number of aryl methyl sites for hydroxylation is 1. The highest BCUT2D eigenvalue weighted by atomic mass is 16.7. The largest absolute Gasteiger partial charge is 0.512 e. The first-order valence-corrected chi connectivity index (χ1v) is 7.32. The fourth-order valence-corrected chi connectivity index (χ4v) is 2.70. The summed E-state index contributed by atoms with van der Waals surface area (Å²) >= 11 is 0. The molecule has 128 valence electrons. The van der Waals surface area contributed by atoms with Gasteiger partial charge in [-0.05, 0) is 30.7 Å². The van der Waals surface area contributed by atoms with Gasteiger partial charge in [0, 0.05) is 23.1 Å². The van der Waals surface area contributed by atoms with E-state index in [2.05, 4.69) is 0 Å². The molecule has 2 N–H and O–H groups in total. The van der Waals surface area contributed by atoms with E-state index in [1.54, 1.807) is 29.7 Å². The number of benzene rings is 2. The normalized spacial score (nSPS) is 10.8. The molecule has 0 saturated carbocycles. The Hall–Kier alpha value is -3.55. The monoisotopic (exact) mass is 342 g/mol. The van der Waals surface area contributed by atoms with Gasteiger partial charge in [-0.1, -0.05) is 12.1 Å². The summed E-state index contributed by atoms with van der Waals surface area (Å²) in [5.74, 6) is 0.105. The van der Waals surface area contributed by atoms with Crippen LogP contribution in [0, 0.1) is 17.0 Å². The molecule has 8 heteroatoms. The second-order valence-electron chi connectivity index (χ2n) is 5.56. The number of nitro benzene ring substituents is 1. The van der Waals surface area contributed by atoms with Crippen LogP contribution < -0.4 is 4.74 Å². The highest BCUT2D eigenvalue weighted by molar-refractivity contribution is 5.84. The molecule has 0 radical (unpaired) electrons. The van der Waals surface area contributed by atoms with E-state index in [0.717, 1.165) is 0 Å². The zero-order valence-electron chi connectivity index (χ0n) is 13.2. The number of nitrogens with zero attached hydrogens (tertiary/aromatic N) is 2. The Labute approximate surface area is 141 Å². The molecule has 3 aromatic rings. The average molecular weight is 342 g/mol. The van der Waals surface area contributed by atoms with Gasteiger partial charge in [-0.25, -0.2) is 4.79 Å². The Balaban J connectivity index is 2.09. The Bertz CT molecular complexity index is 992. The van der Waals surface area contributed by atoms with Crippen LogP contribution in [0.2, 0.25) is 0 Å². The number of carboxylic acid groups (broad SMARTS) is 1. The lowest BCUT2D eigenvalue weighted by atomic mass is 10.1. The Morgan fingerprint density at radius 3 is 2.68 bits per heavy atom. The lowest BCUT2D eigenvalue weighted by molar-refractivity contribution is -0.385. The number of carbonyl (C=O) groups is 1. The van der Waals surface area contributed by atoms with Crippen molar-refractivity contribution in [3.63, 3.8) is 0 Å². The summed E-state index contributed by atoms with van der Waals surface area (Å²) in [6.07, 6.45) is -1.47. The second-order valence-corrected chi connectivity index (χ2v) is 5.56. The van der Waals surface area contributed by atoms with Crippen molar-refractivity contribution in [1.82, 2.24) is 4.57 Å². The quantitative estimate of drug-likeness (QED) is 0.425. The summed E-state index contributed by atoms with van der Waals surface area (Å²) in [6, 6.07) is 10.9. The first-order valence-electron chi connectivity index (χ1n) is 7.32. The minimum Gasteiger partial charge on any atom is -0.508 e. The van der Waals surface area contributed by atoms with Crippen LogP contribution in [-0.4, -0.2) is 25.9 Å². The summed E-state index contributed by atoms with van der Waals surface area (Å²) in [4.78, 5) is 21.6. The van der Waals surface area contributed by atoms with Gasteiger partial charge in [0.1, 0.15) is 5.75 Å². The molecule has 0 saturated heterocycles. The average Bonchev–Trinajstić information content (AvgIpc) is 2.84. The molecular formula is C17H14N2O6.